The highest BCUT2D eigenvalue weighted by atomic mass is 31.1. The summed E-state index contributed by atoms with van der Waals surface area (Å²) in [5.74, 6) is -0.320. The van der Waals surface area contributed by atoms with Crippen LogP contribution in [0.25, 0.3) is 0 Å². The fraction of sp³-hybridized carbons (Fsp3) is 0.674. The van der Waals surface area contributed by atoms with Gasteiger partial charge in [-0.25, -0.2) is 0 Å². The average molecular weight is 1190 g/mol. The number of aliphatic imine (C=N–C) groups is 5. The van der Waals surface area contributed by atoms with Crippen LogP contribution in [0.4, 0.5) is 0 Å². The number of nitrogens with two attached hydrogens (primary N) is 10. The number of guanidine groups is 8. The first-order valence-corrected chi connectivity index (χ1v) is 26.6. The van der Waals surface area contributed by atoms with Crippen LogP contribution in [0.15, 0.2) is 25.0 Å². The van der Waals surface area contributed by atoms with Crippen molar-refractivity contribution in [1.29, 1.82) is 16.2 Å². The lowest BCUT2D eigenvalue weighted by Gasteiger charge is -2.17. The van der Waals surface area contributed by atoms with Crippen molar-refractivity contribution in [3.05, 3.63) is 0 Å². The number of hydrogen-bond acceptors (Lipinski definition) is 22. The Kier molecular flexibility index (Phi) is 54.1. The van der Waals surface area contributed by atoms with Gasteiger partial charge in [0.1, 0.15) is 29.8 Å². The van der Waals surface area contributed by atoms with Gasteiger partial charge in [0.2, 0.25) is 6.29 Å². The van der Waals surface area contributed by atoms with Crippen LogP contribution in [0, 0.1) is 16.2 Å². The van der Waals surface area contributed by atoms with E-state index in [0.29, 0.717) is 69.9 Å². The van der Waals surface area contributed by atoms with Crippen molar-refractivity contribution in [2.75, 3.05) is 112 Å². The molecule has 0 aliphatic carbocycles. The smallest absolute Gasteiger partial charge is 0.481 e. The van der Waals surface area contributed by atoms with Crippen molar-refractivity contribution >= 4 is 98.6 Å². The molecule has 0 aromatic carbocycles. The third kappa shape index (κ3) is 59.2. The number of nitrogens with one attached hydrogen (secondary N) is 3. The second-order valence-electron chi connectivity index (χ2n) is 16.4. The van der Waals surface area contributed by atoms with Crippen LogP contribution in [0.5, 0.6) is 0 Å². The van der Waals surface area contributed by atoms with Crippen LogP contribution in [0.2, 0.25) is 0 Å². The number of carbonyl (C=O) groups excluding carboxylic acids is 4. The van der Waals surface area contributed by atoms with Gasteiger partial charge in [0.05, 0.1) is 64.7 Å². The molecule has 3 rings (SSSR count). The number of rotatable bonds is 20. The molecule has 0 aromatic heterocycles. The number of aliphatic carboxylic acids is 2. The number of ketones is 4. The maximum Gasteiger partial charge on any atom is 0.527 e. The first-order valence-electron chi connectivity index (χ1n) is 23.3. The van der Waals surface area contributed by atoms with Gasteiger partial charge in [-0.1, -0.05) is 19.4 Å². The maximum absolute atomic E-state index is 10.6. The van der Waals surface area contributed by atoms with E-state index in [9.17, 15) is 37.9 Å². The minimum Gasteiger partial charge on any atom is -0.481 e. The van der Waals surface area contributed by atoms with E-state index in [1.165, 1.54) is 35.5 Å². The van der Waals surface area contributed by atoms with Gasteiger partial charge in [0.15, 0.2) is 47.7 Å². The minimum absolute atomic E-state index is 0. The van der Waals surface area contributed by atoms with Crippen molar-refractivity contribution < 1.29 is 53.0 Å². The van der Waals surface area contributed by atoms with E-state index in [2.05, 4.69) is 25.0 Å². The fourth-order valence-electron chi connectivity index (χ4n) is 5.10. The lowest BCUT2D eigenvalue weighted by atomic mass is 10.2. The first-order chi connectivity index (χ1) is 35.9. The van der Waals surface area contributed by atoms with E-state index in [1.54, 1.807) is 49.3 Å². The minimum atomic E-state index is -2.12. The van der Waals surface area contributed by atoms with Crippen LogP contribution in [-0.4, -0.2) is 245 Å². The van der Waals surface area contributed by atoms with E-state index < -0.39 is 27.8 Å². The molecule has 462 valence electrons. The maximum atomic E-state index is 10.6. The quantitative estimate of drug-likeness (QED) is 0.0322. The molecule has 3 atom stereocenters. The normalized spacial score (nSPS) is 12.6. The van der Waals surface area contributed by atoms with E-state index in [1.807, 2.05) is 6.92 Å². The second kappa shape index (κ2) is 50.4. The summed E-state index contributed by atoms with van der Waals surface area (Å²) in [4.78, 5) is 98.8. The molecule has 3 unspecified atom stereocenters. The Labute approximate surface area is 471 Å². The van der Waals surface area contributed by atoms with Gasteiger partial charge in [-0.3, -0.25) is 74.9 Å². The molecule has 35 nitrogen and oxygen atoms in total. The summed E-state index contributed by atoms with van der Waals surface area (Å²) in [6, 6.07) is -0.0949. The summed E-state index contributed by atoms with van der Waals surface area (Å²) in [6.45, 7) is 17.6. The molecule has 3 aliphatic heterocycles. The zero-order chi connectivity index (χ0) is 61.8. The second-order valence-corrected chi connectivity index (χ2v) is 18.9. The van der Waals surface area contributed by atoms with Crippen molar-refractivity contribution in [2.24, 2.45) is 82.3 Å². The molecule has 0 aromatic rings. The molecule has 3 aliphatic rings. The number of carboxylic acids is 2. The Morgan fingerprint density at radius 1 is 0.662 bits per heavy atom. The Morgan fingerprint density at radius 2 is 1.09 bits per heavy atom. The van der Waals surface area contributed by atoms with Crippen molar-refractivity contribution in [1.82, 2.24) is 29.4 Å². The number of carboxylic acid groups (broad SMARTS) is 2. The SMILES string of the molecule is C.C.CC(=O)CC(C)N=C(N)N.CC(=O)CN(C)C(=N)N.CC(=O)CN1CCN=C1N.CCN(CC(C)=O)C(=N)N.CN(C[P+](C)=O)C(=N)N.NC(N)=NCCC(=O)O.NC1=NCCN1CCC(=O)O.NC1=NCCN1C[P+](=O)O. The molecule has 0 amide bonds. The lowest BCUT2D eigenvalue weighted by molar-refractivity contribution is -0.138. The van der Waals surface area contributed by atoms with Gasteiger partial charge in [-0.15, -0.1) is 0 Å². The molecule has 0 fully saturated rings. The Balaban J connectivity index is -0.000000152. The molecule has 80 heavy (non-hydrogen) atoms. The molecular formula is C43H96N24O11P2+2. The summed E-state index contributed by atoms with van der Waals surface area (Å²) in [7, 11) is -0.101. The summed E-state index contributed by atoms with van der Waals surface area (Å²) < 4.78 is 20.8. The third-order valence-electron chi connectivity index (χ3n) is 8.61. The largest absolute Gasteiger partial charge is 0.527 e. The Morgan fingerprint density at radius 3 is 1.34 bits per heavy atom. The Bertz CT molecular complexity index is 2010. The zero-order valence-corrected chi connectivity index (χ0v) is 48.1. The van der Waals surface area contributed by atoms with E-state index in [4.69, 9.17) is 88.7 Å². The molecular weight excluding hydrogens is 1090 g/mol. The molecule has 0 bridgehead atoms. The first kappa shape index (κ1) is 85.8. The highest BCUT2D eigenvalue weighted by molar-refractivity contribution is 7.43. The van der Waals surface area contributed by atoms with Crippen LogP contribution >= 0.6 is 15.8 Å². The van der Waals surface area contributed by atoms with Gasteiger partial charge in [-0.2, -0.15) is 4.89 Å². The molecule has 26 N–H and O–H groups in total. The molecule has 0 radical (unpaired) electrons. The third-order valence-corrected chi connectivity index (χ3v) is 10.0. The average Bonchev–Trinajstić information content (AvgIpc) is 4.01. The number of Topliss-reactive ketones (excluding diaryl/α,β-unsaturated/α-hetero) is 4. The van der Waals surface area contributed by atoms with Crippen molar-refractivity contribution in [3.63, 3.8) is 0 Å². The number of likely N-dealkylation sites (N-methyl/N-ethyl adjacent to an activating group) is 2. The molecule has 0 saturated carbocycles. The molecule has 3 heterocycles. The van der Waals surface area contributed by atoms with Gasteiger partial charge in [-0.05, 0) is 46.1 Å². The highest BCUT2D eigenvalue weighted by Crippen LogP contribution is 2.16. The van der Waals surface area contributed by atoms with Gasteiger partial charge in [0.25, 0.3) is 6.29 Å². The topological polar surface area (TPSA) is 610 Å². The van der Waals surface area contributed by atoms with Gasteiger partial charge < -0.3 is 92.0 Å². The van der Waals surface area contributed by atoms with Gasteiger partial charge in [0, 0.05) is 53.2 Å². The fourth-order valence-corrected chi connectivity index (χ4v) is 6.43. The monoisotopic (exact) mass is 1190 g/mol. The molecule has 0 saturated heterocycles. The van der Waals surface area contributed by atoms with Gasteiger partial charge >= 0.3 is 27.8 Å². The number of nitrogens with zero attached hydrogens (tertiary/aromatic N) is 11. The van der Waals surface area contributed by atoms with Crippen LogP contribution in [0.1, 0.15) is 75.7 Å². The molecule has 0 spiro atoms. The van der Waals surface area contributed by atoms with Crippen LogP contribution < -0.4 is 57.3 Å². The summed E-state index contributed by atoms with van der Waals surface area (Å²) in [6.07, 6.45) is 0.960. The number of carbonyl (C=O) groups is 6. The summed E-state index contributed by atoms with van der Waals surface area (Å²) in [5, 5.41) is 37.1. The lowest BCUT2D eigenvalue weighted by Crippen LogP contribution is -2.39. The predicted octanol–water partition coefficient (Wildman–Crippen LogP) is -3.34. The van der Waals surface area contributed by atoms with E-state index >= 15 is 0 Å². The zero-order valence-electron chi connectivity index (χ0n) is 46.3. The number of hydrogen-bond donors (Lipinski definition) is 16. The highest BCUT2D eigenvalue weighted by Gasteiger charge is 2.22. The van der Waals surface area contributed by atoms with Crippen molar-refractivity contribution in [2.45, 2.75) is 81.7 Å². The van der Waals surface area contributed by atoms with Crippen LogP contribution in [-0.2, 0) is 37.9 Å². The van der Waals surface area contributed by atoms with E-state index in [-0.39, 0.29) is 113 Å². The van der Waals surface area contributed by atoms with E-state index in [0.717, 1.165) is 19.6 Å². The van der Waals surface area contributed by atoms with Crippen molar-refractivity contribution in [3.8, 4) is 0 Å². The summed E-state index contributed by atoms with van der Waals surface area (Å²) in [5.41, 5.74) is 51.5. The standard InChI is InChI=1S/C6H11N3O2.C6H11N3O.2C6H13N3O.C5H11N3O.C4H8N3O2P.C4H9N3O2.C4H11N3OP.2CH4/c7-6-8-2-4-9(6)3-1-5(10)11;1-5(10)4-9-3-2-8-6(9)7;1-4(3-5(2)10)9-6(7)8;1-3-9(6(7)8)4-5(2)10;1-4(9)3-8(2)5(6)7;5-4-6-1-2-7(4)3-10(8)9;5-4(6)7-2-1-3(8)9;1-7(4(5)6)3-9(2)8;;/h1-4H2,(H2,7,8)(H,10,11);2-4H2,1H3,(H2,7,8);4H,3H2,1-2H3,(H4,7,8,9);3-4H2,1-2H3,(H3,7,8);3H2,1-2H3,(H3,6,7);1-3H2,(H2-,5,6,8,9);1-2H2,(H,8,9)(H4,5,6,7);3H2,1-2H3,(H3,5,6);2*1H4/q;;;;;;;+1;;/p+1. The Hall–Kier alpha value is -8.06. The van der Waals surface area contributed by atoms with Crippen LogP contribution in [0.3, 0.4) is 0 Å². The molecule has 37 heteroatoms. The summed E-state index contributed by atoms with van der Waals surface area (Å²) >= 11 is 0. The predicted molar refractivity (Wildman–Crippen MR) is 317 cm³/mol.